The summed E-state index contributed by atoms with van der Waals surface area (Å²) in [4.78, 5) is 12.1. The minimum Gasteiger partial charge on any atom is -0.321 e. The molecule has 2 nitrogen and oxygen atoms in total. The van der Waals surface area contributed by atoms with Crippen LogP contribution in [0.4, 0.5) is 5.69 Å². The molecule has 0 saturated heterocycles. The first-order valence-electron chi connectivity index (χ1n) is 6.97. The minimum atomic E-state index is -0.0831. The van der Waals surface area contributed by atoms with E-state index in [2.05, 4.69) is 31.3 Å². The molecule has 1 amide bonds. The lowest BCUT2D eigenvalue weighted by Gasteiger charge is -2.05. The van der Waals surface area contributed by atoms with Gasteiger partial charge >= 0.3 is 0 Å². The summed E-state index contributed by atoms with van der Waals surface area (Å²) in [7, 11) is 0. The van der Waals surface area contributed by atoms with Gasteiger partial charge in [-0.15, -0.1) is 0 Å². The predicted octanol–water partition coefficient (Wildman–Crippen LogP) is 4.96. The Morgan fingerprint density at radius 3 is 2.48 bits per heavy atom. The molecule has 0 aliphatic carbocycles. The van der Waals surface area contributed by atoms with Crippen LogP contribution in [0.5, 0.6) is 0 Å². The van der Waals surface area contributed by atoms with Crippen LogP contribution in [0.2, 0.25) is 5.02 Å². The second-order valence-corrected chi connectivity index (χ2v) is 5.96. The monoisotopic (exact) mass is 297 g/mol. The molecular weight excluding hydrogens is 282 g/mol. The Balaban J connectivity index is 1.98. The highest BCUT2D eigenvalue weighted by atomic mass is 35.5. The summed E-state index contributed by atoms with van der Waals surface area (Å²) in [6.45, 7) is 4.33. The number of amides is 1. The van der Waals surface area contributed by atoms with Gasteiger partial charge in [-0.25, -0.2) is 0 Å². The van der Waals surface area contributed by atoms with Crippen LogP contribution in [0.1, 0.15) is 36.5 Å². The van der Waals surface area contributed by atoms with E-state index < -0.39 is 0 Å². The molecule has 0 aromatic heterocycles. The molecule has 2 aromatic rings. The molecule has 0 atom stereocenters. The second kappa shape index (κ2) is 5.38. The lowest BCUT2D eigenvalue weighted by molar-refractivity contribution is -0.110. The molecular formula is C18H16ClNO. The highest BCUT2D eigenvalue weighted by Crippen LogP contribution is 2.34. The normalized spacial score (nSPS) is 15.4. The summed E-state index contributed by atoms with van der Waals surface area (Å²) in [5.74, 6) is 0.421. The Kier molecular flexibility index (Phi) is 3.56. The molecule has 1 heterocycles. The van der Waals surface area contributed by atoms with E-state index in [9.17, 15) is 4.79 Å². The van der Waals surface area contributed by atoms with E-state index in [-0.39, 0.29) is 5.91 Å². The quantitative estimate of drug-likeness (QED) is 0.780. The first kappa shape index (κ1) is 13.9. The summed E-state index contributed by atoms with van der Waals surface area (Å²) in [6.07, 6.45) is 1.92. The molecule has 0 radical (unpaired) electrons. The predicted molar refractivity (Wildman–Crippen MR) is 88.5 cm³/mol. The number of hydrogen-bond donors (Lipinski definition) is 1. The average molecular weight is 298 g/mol. The number of anilines is 1. The SMILES string of the molecule is CC(C)c1ccc(/C=C2/C(=O)Nc3cc(Cl)ccc32)cc1. The summed E-state index contributed by atoms with van der Waals surface area (Å²) >= 11 is 5.96. The zero-order valence-corrected chi connectivity index (χ0v) is 12.7. The molecule has 3 rings (SSSR count). The molecule has 3 heteroatoms. The zero-order valence-electron chi connectivity index (χ0n) is 12.0. The molecule has 2 aromatic carbocycles. The van der Waals surface area contributed by atoms with E-state index in [0.29, 0.717) is 16.5 Å². The van der Waals surface area contributed by atoms with Crippen molar-refractivity contribution in [2.75, 3.05) is 5.32 Å². The largest absolute Gasteiger partial charge is 0.321 e. The third-order valence-electron chi connectivity index (χ3n) is 3.68. The first-order valence-corrected chi connectivity index (χ1v) is 7.35. The maximum atomic E-state index is 12.1. The number of carbonyl (C=O) groups is 1. The molecule has 0 saturated carbocycles. The Bertz CT molecular complexity index is 729. The topological polar surface area (TPSA) is 29.1 Å². The maximum absolute atomic E-state index is 12.1. The number of rotatable bonds is 2. The van der Waals surface area contributed by atoms with Crippen molar-refractivity contribution in [2.24, 2.45) is 0 Å². The van der Waals surface area contributed by atoms with E-state index in [1.807, 2.05) is 24.3 Å². The molecule has 1 aliphatic rings. The Hall–Kier alpha value is -2.06. The molecule has 0 bridgehead atoms. The van der Waals surface area contributed by atoms with Crippen LogP contribution in [-0.2, 0) is 4.79 Å². The van der Waals surface area contributed by atoms with Gasteiger partial charge in [0, 0.05) is 16.2 Å². The van der Waals surface area contributed by atoms with Crippen LogP contribution in [-0.4, -0.2) is 5.91 Å². The van der Waals surface area contributed by atoms with Crippen LogP contribution in [0, 0.1) is 0 Å². The van der Waals surface area contributed by atoms with Gasteiger partial charge in [0.2, 0.25) is 0 Å². The molecule has 1 N–H and O–H groups in total. The van der Waals surface area contributed by atoms with Crippen LogP contribution < -0.4 is 5.32 Å². The summed E-state index contributed by atoms with van der Waals surface area (Å²) in [5.41, 5.74) is 4.67. The lowest BCUT2D eigenvalue weighted by atomic mass is 9.99. The van der Waals surface area contributed by atoms with Crippen LogP contribution in [0.3, 0.4) is 0 Å². The summed E-state index contributed by atoms with van der Waals surface area (Å²) < 4.78 is 0. The van der Waals surface area contributed by atoms with E-state index in [1.54, 1.807) is 12.1 Å². The number of carbonyl (C=O) groups excluding carboxylic acids is 1. The Labute approximate surface area is 129 Å². The maximum Gasteiger partial charge on any atom is 0.256 e. The standard InChI is InChI=1S/C18H16ClNO/c1-11(2)13-5-3-12(4-6-13)9-16-15-8-7-14(19)10-17(15)20-18(16)21/h3-11H,1-2H3,(H,20,21)/b16-9+. The molecule has 0 unspecified atom stereocenters. The van der Waals surface area contributed by atoms with Crippen molar-refractivity contribution in [3.05, 3.63) is 64.2 Å². The van der Waals surface area contributed by atoms with E-state index >= 15 is 0 Å². The number of hydrogen-bond acceptors (Lipinski definition) is 1. The second-order valence-electron chi connectivity index (χ2n) is 5.52. The van der Waals surface area contributed by atoms with Gasteiger partial charge in [-0.05, 0) is 35.3 Å². The molecule has 21 heavy (non-hydrogen) atoms. The highest BCUT2D eigenvalue weighted by molar-refractivity contribution is 6.36. The van der Waals surface area contributed by atoms with Crippen LogP contribution in [0.25, 0.3) is 11.6 Å². The number of halogens is 1. The van der Waals surface area contributed by atoms with Crippen molar-refractivity contribution in [1.82, 2.24) is 0 Å². The zero-order chi connectivity index (χ0) is 15.0. The van der Waals surface area contributed by atoms with Crippen molar-refractivity contribution in [3.63, 3.8) is 0 Å². The number of nitrogens with one attached hydrogen (secondary N) is 1. The van der Waals surface area contributed by atoms with Crippen molar-refractivity contribution in [1.29, 1.82) is 0 Å². The highest BCUT2D eigenvalue weighted by Gasteiger charge is 2.23. The van der Waals surface area contributed by atoms with Gasteiger partial charge in [0.1, 0.15) is 0 Å². The van der Waals surface area contributed by atoms with Gasteiger partial charge in [0.05, 0.1) is 5.69 Å². The Morgan fingerprint density at radius 2 is 1.81 bits per heavy atom. The summed E-state index contributed by atoms with van der Waals surface area (Å²) in [6, 6.07) is 13.8. The minimum absolute atomic E-state index is 0.0831. The van der Waals surface area contributed by atoms with E-state index in [4.69, 9.17) is 11.6 Å². The van der Waals surface area contributed by atoms with Gasteiger partial charge < -0.3 is 5.32 Å². The fourth-order valence-corrected chi connectivity index (χ4v) is 2.63. The van der Waals surface area contributed by atoms with Gasteiger partial charge in [-0.2, -0.15) is 0 Å². The van der Waals surface area contributed by atoms with Crippen molar-refractivity contribution in [3.8, 4) is 0 Å². The van der Waals surface area contributed by atoms with Crippen molar-refractivity contribution in [2.45, 2.75) is 19.8 Å². The Morgan fingerprint density at radius 1 is 1.10 bits per heavy atom. The van der Waals surface area contributed by atoms with Gasteiger partial charge in [-0.1, -0.05) is 55.8 Å². The van der Waals surface area contributed by atoms with Gasteiger partial charge in [-0.3, -0.25) is 4.79 Å². The molecule has 1 aliphatic heterocycles. The molecule has 0 spiro atoms. The van der Waals surface area contributed by atoms with Gasteiger partial charge in [0.25, 0.3) is 5.91 Å². The fourth-order valence-electron chi connectivity index (χ4n) is 2.45. The molecule has 0 fully saturated rings. The van der Waals surface area contributed by atoms with E-state index in [1.165, 1.54) is 5.56 Å². The van der Waals surface area contributed by atoms with Crippen molar-refractivity contribution >= 4 is 34.8 Å². The fraction of sp³-hybridized carbons (Fsp3) is 0.167. The van der Waals surface area contributed by atoms with Crippen molar-refractivity contribution < 1.29 is 4.79 Å². The third-order valence-corrected chi connectivity index (χ3v) is 3.91. The first-order chi connectivity index (χ1) is 10.0. The average Bonchev–Trinajstić information content (AvgIpc) is 2.75. The van der Waals surface area contributed by atoms with Gasteiger partial charge in [0.15, 0.2) is 0 Å². The summed E-state index contributed by atoms with van der Waals surface area (Å²) in [5, 5.41) is 3.47. The van der Waals surface area contributed by atoms with E-state index in [0.717, 1.165) is 16.8 Å². The third kappa shape index (κ3) is 2.72. The number of benzene rings is 2. The number of fused-ring (bicyclic) bond motifs is 1. The molecule has 106 valence electrons. The smallest absolute Gasteiger partial charge is 0.256 e. The van der Waals surface area contributed by atoms with Crippen LogP contribution in [0.15, 0.2) is 42.5 Å². The van der Waals surface area contributed by atoms with Crippen LogP contribution >= 0.6 is 11.6 Å². The lowest BCUT2D eigenvalue weighted by Crippen LogP contribution is -2.03.